The zero-order chi connectivity index (χ0) is 13.5. The van der Waals surface area contributed by atoms with Crippen molar-refractivity contribution in [2.24, 2.45) is 0 Å². The average Bonchev–Trinajstić information content (AvgIpc) is 2.31. The molecule has 0 saturated heterocycles. The molecule has 1 rings (SSSR count). The van der Waals surface area contributed by atoms with Crippen LogP contribution in [-0.2, 0) is 9.53 Å². The summed E-state index contributed by atoms with van der Waals surface area (Å²) in [4.78, 5) is 11.1. The van der Waals surface area contributed by atoms with Crippen LogP contribution in [0.3, 0.4) is 0 Å². The van der Waals surface area contributed by atoms with Gasteiger partial charge in [-0.05, 0) is 37.3 Å². The Morgan fingerprint density at radius 2 is 2.22 bits per heavy atom. The summed E-state index contributed by atoms with van der Waals surface area (Å²) in [5.74, 6) is -0.251. The van der Waals surface area contributed by atoms with Gasteiger partial charge in [-0.2, -0.15) is 0 Å². The van der Waals surface area contributed by atoms with Crippen molar-refractivity contribution < 1.29 is 9.53 Å². The van der Waals surface area contributed by atoms with Crippen molar-refractivity contribution in [2.75, 3.05) is 0 Å². The minimum atomic E-state index is -0.251. The van der Waals surface area contributed by atoms with Gasteiger partial charge in [-0.1, -0.05) is 37.0 Å². The summed E-state index contributed by atoms with van der Waals surface area (Å²) in [7, 11) is 0. The Bertz CT molecular complexity index is 399. The number of carbonyl (C=O) groups excluding carboxylic acids is 1. The van der Waals surface area contributed by atoms with E-state index in [0.717, 1.165) is 24.8 Å². The standard InChI is InChI=1S/C16H22O2/c1-5-15-9-10-16(18-14(4)17)13(3)8-6-7-12(2)11-15/h5,7,9,16H,1,3,6,8,10-11H2,2,4H3/b12-7-,15-9-. The molecule has 2 nitrogen and oxygen atoms in total. The molecule has 0 saturated carbocycles. The molecule has 0 heterocycles. The summed E-state index contributed by atoms with van der Waals surface area (Å²) in [5.41, 5.74) is 3.51. The first-order valence-corrected chi connectivity index (χ1v) is 6.35. The second-order valence-corrected chi connectivity index (χ2v) is 4.74. The van der Waals surface area contributed by atoms with Gasteiger partial charge in [0, 0.05) is 13.3 Å². The van der Waals surface area contributed by atoms with Crippen LogP contribution in [0, 0.1) is 0 Å². The molecule has 2 heteroatoms. The normalized spacial score (nSPS) is 27.4. The monoisotopic (exact) mass is 246 g/mol. The fraction of sp³-hybridized carbons (Fsp3) is 0.438. The maximum atomic E-state index is 11.1. The van der Waals surface area contributed by atoms with E-state index < -0.39 is 0 Å². The van der Waals surface area contributed by atoms with Crippen LogP contribution in [-0.4, -0.2) is 12.1 Å². The van der Waals surface area contributed by atoms with Gasteiger partial charge in [-0.3, -0.25) is 4.79 Å². The van der Waals surface area contributed by atoms with Crippen LogP contribution >= 0.6 is 0 Å². The lowest BCUT2D eigenvalue weighted by atomic mass is 9.96. The van der Waals surface area contributed by atoms with Crippen molar-refractivity contribution in [3.8, 4) is 0 Å². The van der Waals surface area contributed by atoms with Crippen molar-refractivity contribution in [3.05, 3.63) is 48.1 Å². The maximum absolute atomic E-state index is 11.1. The minimum Gasteiger partial charge on any atom is -0.458 e. The zero-order valence-corrected chi connectivity index (χ0v) is 11.4. The Morgan fingerprint density at radius 1 is 1.50 bits per heavy atom. The number of ether oxygens (including phenoxy) is 1. The summed E-state index contributed by atoms with van der Waals surface area (Å²) in [6, 6.07) is 0. The van der Waals surface area contributed by atoms with Crippen LogP contribution in [0.15, 0.2) is 48.1 Å². The molecule has 1 aliphatic rings. The smallest absolute Gasteiger partial charge is 0.303 e. The zero-order valence-electron chi connectivity index (χ0n) is 11.4. The number of carbonyl (C=O) groups is 1. The number of hydrogen-bond donors (Lipinski definition) is 0. The molecule has 1 aliphatic carbocycles. The van der Waals surface area contributed by atoms with Crippen molar-refractivity contribution >= 4 is 5.97 Å². The van der Waals surface area contributed by atoms with Crippen molar-refractivity contribution in [1.82, 2.24) is 0 Å². The van der Waals surface area contributed by atoms with E-state index in [1.165, 1.54) is 18.1 Å². The molecule has 1 atom stereocenters. The summed E-state index contributed by atoms with van der Waals surface area (Å²) >= 11 is 0. The first-order valence-electron chi connectivity index (χ1n) is 6.35. The van der Waals surface area contributed by atoms with E-state index in [1.54, 1.807) is 0 Å². The number of allylic oxidation sites excluding steroid dienone is 4. The molecule has 18 heavy (non-hydrogen) atoms. The van der Waals surface area contributed by atoms with E-state index in [0.29, 0.717) is 6.42 Å². The number of hydrogen-bond acceptors (Lipinski definition) is 2. The van der Waals surface area contributed by atoms with Gasteiger partial charge in [-0.25, -0.2) is 0 Å². The van der Waals surface area contributed by atoms with E-state index in [1.807, 2.05) is 6.08 Å². The summed E-state index contributed by atoms with van der Waals surface area (Å²) in [6.07, 6.45) is 9.40. The van der Waals surface area contributed by atoms with Crippen LogP contribution in [0.4, 0.5) is 0 Å². The molecule has 0 bridgehead atoms. The maximum Gasteiger partial charge on any atom is 0.303 e. The summed E-state index contributed by atoms with van der Waals surface area (Å²) in [5, 5.41) is 0. The highest BCUT2D eigenvalue weighted by molar-refractivity contribution is 5.66. The lowest BCUT2D eigenvalue weighted by Gasteiger charge is -2.19. The molecule has 0 aromatic rings. The SMILES string of the molecule is C=C/C1=C/CC(OC(C)=O)C(=C)CC/C=C(/C)C1. The average molecular weight is 246 g/mol. The predicted octanol–water partition coefficient (Wildman–Crippen LogP) is 4.11. The van der Waals surface area contributed by atoms with E-state index in [9.17, 15) is 4.79 Å². The topological polar surface area (TPSA) is 26.3 Å². The van der Waals surface area contributed by atoms with Gasteiger partial charge in [0.1, 0.15) is 6.10 Å². The van der Waals surface area contributed by atoms with Crippen molar-refractivity contribution in [1.29, 1.82) is 0 Å². The van der Waals surface area contributed by atoms with Gasteiger partial charge in [-0.15, -0.1) is 0 Å². The van der Waals surface area contributed by atoms with Crippen LogP contribution in [0.25, 0.3) is 0 Å². The van der Waals surface area contributed by atoms with Crippen molar-refractivity contribution in [3.63, 3.8) is 0 Å². The highest BCUT2D eigenvalue weighted by Crippen LogP contribution is 2.22. The van der Waals surface area contributed by atoms with Crippen LogP contribution in [0.2, 0.25) is 0 Å². The fourth-order valence-corrected chi connectivity index (χ4v) is 2.04. The first kappa shape index (κ1) is 14.5. The molecule has 98 valence electrons. The molecule has 0 fully saturated rings. The second kappa shape index (κ2) is 7.00. The van der Waals surface area contributed by atoms with Gasteiger partial charge in [0.05, 0.1) is 0 Å². The molecule has 1 unspecified atom stereocenters. The summed E-state index contributed by atoms with van der Waals surface area (Å²) < 4.78 is 5.32. The largest absolute Gasteiger partial charge is 0.458 e. The Balaban J connectivity index is 2.87. The minimum absolute atomic E-state index is 0.204. The lowest BCUT2D eigenvalue weighted by Crippen LogP contribution is -2.18. The van der Waals surface area contributed by atoms with E-state index >= 15 is 0 Å². The van der Waals surface area contributed by atoms with Crippen LogP contribution in [0.5, 0.6) is 0 Å². The highest BCUT2D eigenvalue weighted by Gasteiger charge is 2.15. The van der Waals surface area contributed by atoms with Gasteiger partial charge in [0.2, 0.25) is 0 Å². The van der Waals surface area contributed by atoms with Crippen LogP contribution in [0.1, 0.15) is 39.5 Å². The molecule has 0 spiro atoms. The van der Waals surface area contributed by atoms with Crippen molar-refractivity contribution in [2.45, 2.75) is 45.6 Å². The highest BCUT2D eigenvalue weighted by atomic mass is 16.5. The molecule has 0 aromatic heterocycles. The quantitative estimate of drug-likeness (QED) is 0.541. The Morgan fingerprint density at radius 3 is 2.83 bits per heavy atom. The third kappa shape index (κ3) is 4.74. The number of esters is 1. The molecular formula is C16H22O2. The van der Waals surface area contributed by atoms with Crippen LogP contribution < -0.4 is 0 Å². The van der Waals surface area contributed by atoms with Gasteiger partial charge in [0.25, 0.3) is 0 Å². The van der Waals surface area contributed by atoms with E-state index in [2.05, 4.69) is 32.2 Å². The Labute approximate surface area is 110 Å². The lowest BCUT2D eigenvalue weighted by molar-refractivity contribution is -0.144. The fourth-order valence-electron chi connectivity index (χ4n) is 2.04. The molecule has 0 aliphatic heterocycles. The van der Waals surface area contributed by atoms with Gasteiger partial charge >= 0.3 is 5.97 Å². The van der Waals surface area contributed by atoms with E-state index in [-0.39, 0.29) is 12.1 Å². The third-order valence-corrected chi connectivity index (χ3v) is 3.06. The first-order chi connectivity index (χ1) is 8.52. The Hall–Kier alpha value is -1.57. The van der Waals surface area contributed by atoms with Gasteiger partial charge in [0.15, 0.2) is 0 Å². The Kier molecular flexibility index (Phi) is 5.63. The van der Waals surface area contributed by atoms with Gasteiger partial charge < -0.3 is 4.74 Å². The second-order valence-electron chi connectivity index (χ2n) is 4.74. The molecule has 0 aromatic carbocycles. The molecular weight excluding hydrogens is 224 g/mol. The number of rotatable bonds is 2. The molecule has 0 N–H and O–H groups in total. The van der Waals surface area contributed by atoms with E-state index in [4.69, 9.17) is 4.74 Å². The summed E-state index contributed by atoms with van der Waals surface area (Å²) in [6.45, 7) is 11.4. The molecule has 0 radical (unpaired) electrons. The predicted molar refractivity (Wildman–Crippen MR) is 75.2 cm³/mol. The molecule has 0 amide bonds. The third-order valence-electron chi connectivity index (χ3n) is 3.06.